The highest BCUT2D eigenvalue weighted by atomic mass is 32.1. The van der Waals surface area contributed by atoms with Crippen LogP contribution in [0.3, 0.4) is 0 Å². The van der Waals surface area contributed by atoms with Crippen LogP contribution in [0.4, 0.5) is 0 Å². The number of hydrogen-bond donors (Lipinski definition) is 0. The predicted octanol–water partition coefficient (Wildman–Crippen LogP) is 4.54. The highest BCUT2D eigenvalue weighted by molar-refractivity contribution is 7.10. The minimum atomic E-state index is 0.0874. The first kappa shape index (κ1) is 24.7. The number of carbonyl (C=O) groups is 1. The van der Waals surface area contributed by atoms with E-state index in [0.717, 1.165) is 75.8 Å². The third kappa shape index (κ3) is 7.03. The smallest absolute Gasteiger partial charge is 0.246 e. The summed E-state index contributed by atoms with van der Waals surface area (Å²) in [7, 11) is 0. The second-order valence-electron chi connectivity index (χ2n) is 9.55. The van der Waals surface area contributed by atoms with Crippen molar-refractivity contribution in [2.75, 3.05) is 39.3 Å². The molecule has 188 valence electrons. The van der Waals surface area contributed by atoms with Crippen LogP contribution in [0.2, 0.25) is 0 Å². The third-order valence-corrected chi connectivity index (χ3v) is 7.73. The highest BCUT2D eigenvalue weighted by Gasteiger charge is 2.23. The minimum Gasteiger partial charge on any atom is -0.490 e. The largest absolute Gasteiger partial charge is 0.490 e. The number of aromatic nitrogens is 1. The zero-order chi connectivity index (χ0) is 24.6. The molecule has 6 nitrogen and oxygen atoms in total. The van der Waals surface area contributed by atoms with Crippen molar-refractivity contribution in [2.24, 2.45) is 0 Å². The molecule has 0 N–H and O–H groups in total. The number of ether oxygens (including phenoxy) is 1. The Morgan fingerprint density at radius 3 is 2.39 bits per heavy atom. The van der Waals surface area contributed by atoms with E-state index in [4.69, 9.17) is 4.74 Å². The average molecular weight is 503 g/mol. The van der Waals surface area contributed by atoms with Crippen LogP contribution >= 0.6 is 11.3 Å². The van der Waals surface area contributed by atoms with Crippen LogP contribution in [0.1, 0.15) is 28.8 Å². The number of thiophene rings is 1. The number of benzene rings is 1. The van der Waals surface area contributed by atoms with Gasteiger partial charge >= 0.3 is 0 Å². The lowest BCUT2D eigenvalue weighted by Gasteiger charge is -2.34. The number of carbonyl (C=O) groups excluding carboxylic acids is 1. The number of piperazine rings is 1. The van der Waals surface area contributed by atoms with Gasteiger partial charge in [0.05, 0.1) is 0 Å². The normalized spacial score (nSPS) is 18.1. The molecule has 2 aliphatic rings. The first-order chi connectivity index (χ1) is 17.7. The summed E-state index contributed by atoms with van der Waals surface area (Å²) < 4.78 is 6.33. The first-order valence-corrected chi connectivity index (χ1v) is 13.7. The van der Waals surface area contributed by atoms with Crippen molar-refractivity contribution in [1.82, 2.24) is 19.7 Å². The van der Waals surface area contributed by atoms with Crippen LogP contribution in [-0.4, -0.2) is 71.0 Å². The molecule has 4 heterocycles. The third-order valence-electron chi connectivity index (χ3n) is 6.89. The molecule has 3 aromatic rings. The Kier molecular flexibility index (Phi) is 8.43. The molecule has 2 fully saturated rings. The van der Waals surface area contributed by atoms with Crippen molar-refractivity contribution in [1.29, 1.82) is 0 Å². The van der Waals surface area contributed by atoms with Gasteiger partial charge in [0.2, 0.25) is 5.91 Å². The van der Waals surface area contributed by atoms with Crippen LogP contribution in [0.5, 0.6) is 5.75 Å². The van der Waals surface area contributed by atoms with Gasteiger partial charge in [-0.25, -0.2) is 0 Å². The summed E-state index contributed by atoms with van der Waals surface area (Å²) in [5, 5.41) is 2.02. The van der Waals surface area contributed by atoms with Gasteiger partial charge in [-0.3, -0.25) is 19.6 Å². The summed E-state index contributed by atoms with van der Waals surface area (Å²) in [4.78, 5) is 24.8. The SMILES string of the molecule is O=C(C=Cc1cccs1)N1CCC(Oc2cccc(CN3CCN(Cc4cccnc4)CC3)c2)CC1. The maximum atomic E-state index is 12.5. The second kappa shape index (κ2) is 12.3. The molecule has 2 aromatic heterocycles. The number of piperidine rings is 1. The first-order valence-electron chi connectivity index (χ1n) is 12.8. The summed E-state index contributed by atoms with van der Waals surface area (Å²) in [6.45, 7) is 7.68. The van der Waals surface area contributed by atoms with E-state index in [1.165, 1.54) is 11.1 Å². The van der Waals surface area contributed by atoms with E-state index < -0.39 is 0 Å². The maximum absolute atomic E-state index is 12.5. The number of rotatable bonds is 8. The van der Waals surface area contributed by atoms with Gasteiger partial charge in [0.15, 0.2) is 0 Å². The Hall–Kier alpha value is -3.00. The van der Waals surface area contributed by atoms with Gasteiger partial charge in [-0.15, -0.1) is 11.3 Å². The second-order valence-corrected chi connectivity index (χ2v) is 10.5. The van der Waals surface area contributed by atoms with Crippen molar-refractivity contribution in [3.8, 4) is 5.75 Å². The van der Waals surface area contributed by atoms with E-state index in [2.05, 4.69) is 45.1 Å². The molecule has 1 aromatic carbocycles. The van der Waals surface area contributed by atoms with E-state index in [1.54, 1.807) is 17.4 Å². The minimum absolute atomic E-state index is 0.0874. The molecule has 0 spiro atoms. The van der Waals surface area contributed by atoms with Crippen LogP contribution in [-0.2, 0) is 17.9 Å². The van der Waals surface area contributed by atoms with Gasteiger partial charge in [-0.2, -0.15) is 0 Å². The highest BCUT2D eigenvalue weighted by Crippen LogP contribution is 2.22. The summed E-state index contributed by atoms with van der Waals surface area (Å²) in [5.74, 6) is 1.02. The van der Waals surface area contributed by atoms with Gasteiger partial charge in [-0.1, -0.05) is 24.3 Å². The molecule has 36 heavy (non-hydrogen) atoms. The van der Waals surface area contributed by atoms with Crippen molar-refractivity contribution >= 4 is 23.3 Å². The fraction of sp³-hybridized carbons (Fsp3) is 0.379. The summed E-state index contributed by atoms with van der Waals surface area (Å²) in [6.07, 6.45) is 9.26. The van der Waals surface area contributed by atoms with Gasteiger partial charge in [0, 0.05) is 88.5 Å². The predicted molar refractivity (Wildman–Crippen MR) is 145 cm³/mol. The number of amides is 1. The van der Waals surface area contributed by atoms with Gasteiger partial charge < -0.3 is 9.64 Å². The number of likely N-dealkylation sites (tertiary alicyclic amines) is 1. The standard InChI is InChI=1S/C29H34N4O2S/c34-29(9-8-28-7-3-19-36-28)33-13-10-26(11-14-33)35-27-6-1-4-24(20-27)22-31-15-17-32(18-16-31)23-25-5-2-12-30-21-25/h1-9,12,19-21,26H,10-11,13-18,22-23H2. The molecule has 2 saturated heterocycles. The fourth-order valence-corrected chi connectivity index (χ4v) is 5.48. The molecule has 0 aliphatic carbocycles. The lowest BCUT2D eigenvalue weighted by atomic mass is 10.1. The van der Waals surface area contributed by atoms with E-state index in [1.807, 2.05) is 46.9 Å². The Balaban J connectivity index is 1.05. The van der Waals surface area contributed by atoms with Crippen molar-refractivity contribution in [2.45, 2.75) is 32.0 Å². The Morgan fingerprint density at radius 2 is 1.69 bits per heavy atom. The monoisotopic (exact) mass is 502 g/mol. The number of hydrogen-bond acceptors (Lipinski definition) is 6. The Labute approximate surface area is 217 Å². The average Bonchev–Trinajstić information content (AvgIpc) is 3.44. The van der Waals surface area contributed by atoms with Crippen LogP contribution in [0, 0.1) is 0 Å². The van der Waals surface area contributed by atoms with E-state index >= 15 is 0 Å². The van der Waals surface area contributed by atoms with Gasteiger partial charge in [0.1, 0.15) is 11.9 Å². The maximum Gasteiger partial charge on any atom is 0.246 e. The summed E-state index contributed by atoms with van der Waals surface area (Å²) in [5.41, 5.74) is 2.57. The molecule has 0 unspecified atom stereocenters. The van der Waals surface area contributed by atoms with Crippen LogP contribution in [0.15, 0.2) is 72.4 Å². The molecule has 1 amide bonds. The number of pyridine rings is 1. The fourth-order valence-electron chi connectivity index (χ4n) is 4.86. The summed E-state index contributed by atoms with van der Waals surface area (Å²) in [6, 6.07) is 16.7. The van der Waals surface area contributed by atoms with Crippen LogP contribution in [0.25, 0.3) is 6.08 Å². The topological polar surface area (TPSA) is 48.9 Å². The molecular formula is C29H34N4O2S. The molecule has 5 rings (SSSR count). The van der Waals surface area contributed by atoms with Crippen molar-refractivity contribution in [3.05, 3.63) is 88.4 Å². The van der Waals surface area contributed by atoms with Crippen molar-refractivity contribution in [3.63, 3.8) is 0 Å². The van der Waals surface area contributed by atoms with Gasteiger partial charge in [-0.05, 0) is 46.8 Å². The zero-order valence-corrected chi connectivity index (χ0v) is 21.5. The van der Waals surface area contributed by atoms with Gasteiger partial charge in [0.25, 0.3) is 0 Å². The van der Waals surface area contributed by atoms with E-state index in [-0.39, 0.29) is 12.0 Å². The zero-order valence-electron chi connectivity index (χ0n) is 20.7. The van der Waals surface area contributed by atoms with E-state index in [0.29, 0.717) is 0 Å². The molecule has 0 bridgehead atoms. The lowest BCUT2D eigenvalue weighted by Crippen LogP contribution is -2.45. The molecule has 0 radical (unpaired) electrons. The lowest BCUT2D eigenvalue weighted by molar-refractivity contribution is -0.127. The van der Waals surface area contributed by atoms with Crippen molar-refractivity contribution < 1.29 is 9.53 Å². The Bertz CT molecular complexity index is 1120. The van der Waals surface area contributed by atoms with E-state index in [9.17, 15) is 4.79 Å². The summed E-state index contributed by atoms with van der Waals surface area (Å²) >= 11 is 1.64. The number of nitrogens with zero attached hydrogens (tertiary/aromatic N) is 4. The quantitative estimate of drug-likeness (QED) is 0.423. The molecule has 2 aliphatic heterocycles. The molecule has 0 atom stereocenters. The molecule has 7 heteroatoms. The van der Waals surface area contributed by atoms with Crippen LogP contribution < -0.4 is 4.74 Å². The Morgan fingerprint density at radius 1 is 0.944 bits per heavy atom. The molecular weight excluding hydrogens is 468 g/mol. The molecule has 0 saturated carbocycles.